The molecule has 8 rings (SSSR count). The summed E-state index contributed by atoms with van der Waals surface area (Å²) in [4.78, 5) is 27.5. The van der Waals surface area contributed by atoms with Crippen LogP contribution in [-0.4, -0.2) is 76.7 Å². The number of carboxylic acid groups (broad SMARTS) is 1. The first kappa shape index (κ1) is 34.2. The Morgan fingerprint density at radius 3 is 2.50 bits per heavy atom. The Morgan fingerprint density at radius 1 is 0.962 bits per heavy atom. The third-order valence-corrected chi connectivity index (χ3v) is 11.8. The van der Waals surface area contributed by atoms with Crippen LogP contribution in [-0.2, 0) is 6.54 Å². The summed E-state index contributed by atoms with van der Waals surface area (Å²) in [6.07, 6.45) is 8.20. The van der Waals surface area contributed by atoms with Gasteiger partial charge in [-0.1, -0.05) is 50.2 Å². The minimum absolute atomic E-state index is 0.144. The van der Waals surface area contributed by atoms with E-state index in [0.29, 0.717) is 34.9 Å². The number of anilines is 1. The fourth-order valence-electron chi connectivity index (χ4n) is 8.93. The Bertz CT molecular complexity index is 2030. The van der Waals surface area contributed by atoms with Crippen molar-refractivity contribution in [2.75, 3.05) is 44.7 Å². The largest absolute Gasteiger partial charge is 0.497 e. The molecule has 52 heavy (non-hydrogen) atoms. The number of aromatic amines is 1. The number of rotatable bonds is 10. The number of methoxy groups -OCH3 is 1. The van der Waals surface area contributed by atoms with Crippen LogP contribution < -0.4 is 14.4 Å². The van der Waals surface area contributed by atoms with E-state index in [4.69, 9.17) is 9.47 Å². The van der Waals surface area contributed by atoms with Gasteiger partial charge in [0, 0.05) is 74.7 Å². The van der Waals surface area contributed by atoms with Crippen LogP contribution >= 0.6 is 0 Å². The van der Waals surface area contributed by atoms with Crippen molar-refractivity contribution in [3.63, 3.8) is 0 Å². The molecule has 3 aliphatic rings. The summed E-state index contributed by atoms with van der Waals surface area (Å²) in [6.45, 7) is 10.6. The second kappa shape index (κ2) is 14.3. The number of carboxylic acids is 1. The molecule has 0 radical (unpaired) electrons. The third kappa shape index (κ3) is 6.87. The van der Waals surface area contributed by atoms with Gasteiger partial charge in [-0.3, -0.25) is 9.80 Å². The molecule has 270 valence electrons. The van der Waals surface area contributed by atoms with E-state index in [0.717, 1.165) is 74.6 Å². The molecule has 0 bridgehead atoms. The highest BCUT2D eigenvalue weighted by atomic mass is 16.5. The maximum absolute atomic E-state index is 12.1. The van der Waals surface area contributed by atoms with Crippen LogP contribution in [0.1, 0.15) is 78.5 Å². The van der Waals surface area contributed by atoms with Crippen LogP contribution in [0.5, 0.6) is 17.2 Å². The second-order valence-electron chi connectivity index (χ2n) is 15.3. The van der Waals surface area contributed by atoms with E-state index in [1.807, 2.05) is 30.5 Å². The number of piperazine rings is 1. The zero-order chi connectivity index (χ0) is 35.8. The Kier molecular flexibility index (Phi) is 9.40. The Labute approximate surface area is 306 Å². The van der Waals surface area contributed by atoms with E-state index in [-0.39, 0.29) is 5.56 Å². The van der Waals surface area contributed by atoms with Crippen molar-refractivity contribution in [1.82, 2.24) is 19.8 Å². The second-order valence-corrected chi connectivity index (χ2v) is 15.3. The molecule has 5 aromatic rings. The number of carbonyl (C=O) groups is 1. The molecule has 2 N–H and O–H groups in total. The molecule has 4 heterocycles. The highest BCUT2D eigenvalue weighted by Crippen LogP contribution is 2.53. The van der Waals surface area contributed by atoms with Crippen LogP contribution in [0.4, 0.5) is 5.69 Å². The van der Waals surface area contributed by atoms with Gasteiger partial charge in [-0.05, 0) is 90.1 Å². The van der Waals surface area contributed by atoms with Gasteiger partial charge in [0.15, 0.2) is 0 Å². The van der Waals surface area contributed by atoms with Gasteiger partial charge in [0.05, 0.1) is 13.3 Å². The number of aromatic nitrogens is 2. The van der Waals surface area contributed by atoms with Gasteiger partial charge in [0.2, 0.25) is 0 Å². The van der Waals surface area contributed by atoms with E-state index < -0.39 is 5.97 Å². The van der Waals surface area contributed by atoms with Crippen molar-refractivity contribution in [2.24, 2.45) is 5.41 Å². The number of ether oxygens (including phenoxy) is 2. The number of aromatic carboxylic acids is 1. The van der Waals surface area contributed by atoms with Crippen molar-refractivity contribution in [1.29, 1.82) is 0 Å². The molecule has 2 aromatic heterocycles. The van der Waals surface area contributed by atoms with Crippen molar-refractivity contribution in [3.05, 3.63) is 114 Å². The third-order valence-electron chi connectivity index (χ3n) is 11.8. The average molecular weight is 700 g/mol. The predicted molar refractivity (Wildman–Crippen MR) is 205 cm³/mol. The van der Waals surface area contributed by atoms with Crippen molar-refractivity contribution < 1.29 is 19.4 Å². The monoisotopic (exact) mass is 699 g/mol. The summed E-state index contributed by atoms with van der Waals surface area (Å²) < 4.78 is 11.6. The highest BCUT2D eigenvalue weighted by Gasteiger charge is 2.50. The number of H-pyrrole nitrogens is 1. The smallest absolute Gasteiger partial charge is 0.339 e. The molecule has 2 aliphatic heterocycles. The van der Waals surface area contributed by atoms with E-state index in [1.165, 1.54) is 29.5 Å². The van der Waals surface area contributed by atoms with Crippen LogP contribution in [0.15, 0.2) is 91.3 Å². The zero-order valence-electron chi connectivity index (χ0n) is 30.4. The molecule has 1 spiro atoms. The number of benzene rings is 3. The molecule has 3 aromatic carbocycles. The van der Waals surface area contributed by atoms with Gasteiger partial charge >= 0.3 is 5.97 Å². The van der Waals surface area contributed by atoms with E-state index >= 15 is 0 Å². The molecule has 2 saturated heterocycles. The Balaban J connectivity index is 0.945. The highest BCUT2D eigenvalue weighted by molar-refractivity contribution is 5.92. The topological polar surface area (TPSA) is 94.2 Å². The summed E-state index contributed by atoms with van der Waals surface area (Å²) >= 11 is 0. The maximum atomic E-state index is 12.1. The molecule has 9 nitrogen and oxygen atoms in total. The fourth-order valence-corrected chi connectivity index (χ4v) is 8.93. The number of hydrogen-bond acceptors (Lipinski definition) is 7. The van der Waals surface area contributed by atoms with Crippen LogP contribution in [0.25, 0.3) is 11.0 Å². The Morgan fingerprint density at radius 2 is 1.75 bits per heavy atom. The van der Waals surface area contributed by atoms with Crippen molar-refractivity contribution >= 4 is 22.7 Å². The zero-order valence-corrected chi connectivity index (χ0v) is 30.4. The number of fused-ring (bicyclic) bond motifs is 1. The fraction of sp³-hybridized carbons (Fsp3) is 0.395. The maximum Gasteiger partial charge on any atom is 0.339 e. The number of nitrogens with one attached hydrogen (secondary N) is 1. The van der Waals surface area contributed by atoms with Gasteiger partial charge in [0.25, 0.3) is 0 Å². The average Bonchev–Trinajstić information content (AvgIpc) is 3.62. The summed E-state index contributed by atoms with van der Waals surface area (Å²) in [7, 11) is 1.72. The van der Waals surface area contributed by atoms with Gasteiger partial charge in [-0.2, -0.15) is 0 Å². The van der Waals surface area contributed by atoms with Crippen LogP contribution in [0.3, 0.4) is 0 Å². The molecule has 9 heteroatoms. The molecule has 1 atom stereocenters. The first-order valence-corrected chi connectivity index (χ1v) is 18.7. The van der Waals surface area contributed by atoms with Crippen molar-refractivity contribution in [2.45, 2.75) is 64.1 Å². The van der Waals surface area contributed by atoms with Gasteiger partial charge < -0.3 is 24.5 Å². The first-order valence-electron chi connectivity index (χ1n) is 18.7. The van der Waals surface area contributed by atoms with E-state index in [2.05, 4.69) is 87.0 Å². The molecular weight excluding hydrogens is 651 g/mol. The molecule has 1 aliphatic carbocycles. The normalized spacial score (nSPS) is 19.6. The lowest BCUT2D eigenvalue weighted by Gasteiger charge is -2.58. The lowest BCUT2D eigenvalue weighted by Crippen LogP contribution is -2.60. The number of nitrogens with zero attached hydrogens (tertiary/aromatic N) is 4. The SMILES string of the molecule is COc1ccc(CN2CCN(C3CC4(CCN(c5ccc(C(=O)O)c(Oc6cnc7[nH]ccc7c6)c5)CC4)C3)[C@@H](c3ccccc3C(C)C)C2)cc1. The van der Waals surface area contributed by atoms with Gasteiger partial charge in [-0.25, -0.2) is 9.78 Å². The summed E-state index contributed by atoms with van der Waals surface area (Å²) in [5, 5.41) is 10.8. The standard InChI is InChI=1S/C43H49N5O4/c1-29(2)36-6-4-5-7-37(36)39-28-46(27-30-8-11-34(51-3)12-9-30)20-21-48(39)33-24-43(25-33)15-18-47(19-16-43)32-10-13-38(42(49)50)40(23-32)52-35-22-31-14-17-44-41(31)45-26-35/h4-14,17,22-23,26,29,33,39H,15-16,18-21,24-25,27-28H2,1-3H3,(H,44,45)(H,49,50)/t39-/m1/s1. The lowest BCUT2D eigenvalue weighted by atomic mass is 9.59. The predicted octanol–water partition coefficient (Wildman–Crippen LogP) is 8.49. The number of hydrogen-bond donors (Lipinski definition) is 2. The minimum atomic E-state index is -1.01. The quantitative estimate of drug-likeness (QED) is 0.150. The van der Waals surface area contributed by atoms with Crippen LogP contribution in [0.2, 0.25) is 0 Å². The summed E-state index contributed by atoms with van der Waals surface area (Å²) in [6, 6.07) is 27.9. The molecular formula is C43H49N5O4. The van der Waals surface area contributed by atoms with E-state index in [1.54, 1.807) is 19.4 Å². The first-order chi connectivity index (χ1) is 25.3. The minimum Gasteiger partial charge on any atom is -0.497 e. The molecule has 3 fully saturated rings. The summed E-state index contributed by atoms with van der Waals surface area (Å²) in [5.41, 5.74) is 6.55. The van der Waals surface area contributed by atoms with E-state index in [9.17, 15) is 9.90 Å². The summed E-state index contributed by atoms with van der Waals surface area (Å²) in [5.74, 6) is 1.22. The van der Waals surface area contributed by atoms with Gasteiger partial charge in [-0.15, -0.1) is 0 Å². The molecule has 1 saturated carbocycles. The number of pyridine rings is 1. The molecule has 0 amide bonds. The molecule has 0 unspecified atom stereocenters. The van der Waals surface area contributed by atoms with Crippen LogP contribution in [0, 0.1) is 5.41 Å². The van der Waals surface area contributed by atoms with Gasteiger partial charge in [0.1, 0.15) is 28.5 Å². The Hall–Kier alpha value is -4.86. The van der Waals surface area contributed by atoms with Crippen molar-refractivity contribution in [3.8, 4) is 17.2 Å². The lowest BCUT2D eigenvalue weighted by molar-refractivity contribution is -0.0628. The number of piperidine rings is 1.